The molecule has 1 aliphatic rings. The largest absolute Gasteiger partial charge is 0.396 e. The fourth-order valence-corrected chi connectivity index (χ4v) is 2.04. The quantitative estimate of drug-likeness (QED) is 0.625. The summed E-state index contributed by atoms with van der Waals surface area (Å²) in [6, 6.07) is 0. The second kappa shape index (κ2) is 5.58. The molecule has 0 unspecified atom stereocenters. The molecule has 0 spiro atoms. The first-order valence-electron chi connectivity index (χ1n) is 5.13. The summed E-state index contributed by atoms with van der Waals surface area (Å²) in [6.45, 7) is 3.24. The molecule has 1 heterocycles. The lowest BCUT2D eigenvalue weighted by Gasteiger charge is -2.36. The molecule has 0 saturated carbocycles. The number of piperidine rings is 1. The van der Waals surface area contributed by atoms with Gasteiger partial charge in [0.15, 0.2) is 0 Å². The lowest BCUT2D eigenvalue weighted by molar-refractivity contribution is 0.0681. The predicted molar refractivity (Wildman–Crippen MR) is 52.7 cm³/mol. The van der Waals surface area contributed by atoms with Gasteiger partial charge in [0.25, 0.3) is 0 Å². The molecule has 0 aliphatic carbocycles. The van der Waals surface area contributed by atoms with E-state index in [1.807, 2.05) is 0 Å². The second-order valence-electron chi connectivity index (χ2n) is 4.00. The number of aliphatic hydroxyl groups is 1. The standard InChI is InChI=1S/C10H21NO2/c1-13-8-2-3-10(9-12)4-6-11-7-5-10/h11-12H,2-9H2,1H3. The average molecular weight is 187 g/mol. The topological polar surface area (TPSA) is 41.5 Å². The predicted octanol–water partition coefficient (Wildman–Crippen LogP) is 0.775. The maximum atomic E-state index is 9.37. The fraction of sp³-hybridized carbons (Fsp3) is 1.00. The van der Waals surface area contributed by atoms with Crippen LogP contribution in [0.3, 0.4) is 0 Å². The van der Waals surface area contributed by atoms with E-state index in [1.54, 1.807) is 7.11 Å². The minimum Gasteiger partial charge on any atom is -0.396 e. The highest BCUT2D eigenvalue weighted by Gasteiger charge is 2.30. The number of hydrogen-bond acceptors (Lipinski definition) is 3. The van der Waals surface area contributed by atoms with Crippen molar-refractivity contribution in [1.29, 1.82) is 0 Å². The highest BCUT2D eigenvalue weighted by molar-refractivity contribution is 4.83. The van der Waals surface area contributed by atoms with Gasteiger partial charge in [-0.15, -0.1) is 0 Å². The zero-order chi connectivity index (χ0) is 9.57. The van der Waals surface area contributed by atoms with Gasteiger partial charge in [-0.05, 0) is 44.2 Å². The van der Waals surface area contributed by atoms with E-state index in [1.165, 1.54) is 0 Å². The normalized spacial score (nSPS) is 21.7. The fourth-order valence-electron chi connectivity index (χ4n) is 2.04. The van der Waals surface area contributed by atoms with E-state index in [2.05, 4.69) is 5.32 Å². The van der Waals surface area contributed by atoms with Gasteiger partial charge in [-0.3, -0.25) is 0 Å². The summed E-state index contributed by atoms with van der Waals surface area (Å²) in [5.74, 6) is 0. The van der Waals surface area contributed by atoms with Crippen LogP contribution < -0.4 is 5.32 Å². The molecule has 0 aromatic rings. The summed E-state index contributed by atoms with van der Waals surface area (Å²) in [5.41, 5.74) is 0.184. The Morgan fingerprint density at radius 2 is 2.08 bits per heavy atom. The van der Waals surface area contributed by atoms with Gasteiger partial charge in [-0.25, -0.2) is 0 Å². The Bertz CT molecular complexity index is 133. The summed E-state index contributed by atoms with van der Waals surface area (Å²) in [7, 11) is 1.73. The Labute approximate surface area is 80.5 Å². The maximum Gasteiger partial charge on any atom is 0.0488 e. The van der Waals surface area contributed by atoms with Gasteiger partial charge in [-0.1, -0.05) is 0 Å². The SMILES string of the molecule is COCCCC1(CO)CCNCC1. The molecule has 1 aliphatic heterocycles. The zero-order valence-electron chi connectivity index (χ0n) is 8.51. The molecule has 0 amide bonds. The third-order valence-corrected chi connectivity index (χ3v) is 3.06. The van der Waals surface area contributed by atoms with Crippen molar-refractivity contribution >= 4 is 0 Å². The Kier molecular flexibility index (Phi) is 4.70. The van der Waals surface area contributed by atoms with Gasteiger partial charge >= 0.3 is 0 Å². The van der Waals surface area contributed by atoms with Crippen molar-refractivity contribution in [2.24, 2.45) is 5.41 Å². The monoisotopic (exact) mass is 187 g/mol. The van der Waals surface area contributed by atoms with Crippen molar-refractivity contribution in [3.05, 3.63) is 0 Å². The van der Waals surface area contributed by atoms with Crippen LogP contribution in [-0.2, 0) is 4.74 Å². The van der Waals surface area contributed by atoms with Crippen LogP contribution in [0, 0.1) is 5.41 Å². The number of aliphatic hydroxyl groups excluding tert-OH is 1. The van der Waals surface area contributed by atoms with Crippen molar-refractivity contribution in [2.75, 3.05) is 33.4 Å². The molecular weight excluding hydrogens is 166 g/mol. The third-order valence-electron chi connectivity index (χ3n) is 3.06. The molecular formula is C10H21NO2. The summed E-state index contributed by atoms with van der Waals surface area (Å²) < 4.78 is 5.03. The highest BCUT2D eigenvalue weighted by Crippen LogP contribution is 2.33. The van der Waals surface area contributed by atoms with E-state index in [9.17, 15) is 5.11 Å². The van der Waals surface area contributed by atoms with Crippen LogP contribution in [0.4, 0.5) is 0 Å². The Balaban J connectivity index is 2.29. The van der Waals surface area contributed by atoms with Crippen LogP contribution in [0.2, 0.25) is 0 Å². The third kappa shape index (κ3) is 3.25. The lowest BCUT2D eigenvalue weighted by atomic mass is 9.76. The van der Waals surface area contributed by atoms with E-state index in [0.717, 1.165) is 45.4 Å². The molecule has 2 N–H and O–H groups in total. The molecule has 0 bridgehead atoms. The van der Waals surface area contributed by atoms with Crippen molar-refractivity contribution in [3.8, 4) is 0 Å². The molecule has 1 rings (SSSR count). The Morgan fingerprint density at radius 1 is 1.38 bits per heavy atom. The van der Waals surface area contributed by atoms with Crippen LogP contribution in [0.15, 0.2) is 0 Å². The first kappa shape index (κ1) is 11.0. The van der Waals surface area contributed by atoms with Gasteiger partial charge in [-0.2, -0.15) is 0 Å². The molecule has 13 heavy (non-hydrogen) atoms. The molecule has 3 heteroatoms. The van der Waals surface area contributed by atoms with Gasteiger partial charge in [0, 0.05) is 20.3 Å². The molecule has 3 nitrogen and oxygen atoms in total. The van der Waals surface area contributed by atoms with Gasteiger partial charge in [0.05, 0.1) is 0 Å². The van der Waals surface area contributed by atoms with Crippen molar-refractivity contribution in [1.82, 2.24) is 5.32 Å². The summed E-state index contributed by atoms with van der Waals surface area (Å²) >= 11 is 0. The van der Waals surface area contributed by atoms with Crippen molar-refractivity contribution in [3.63, 3.8) is 0 Å². The van der Waals surface area contributed by atoms with E-state index in [0.29, 0.717) is 6.61 Å². The molecule has 0 aromatic carbocycles. The van der Waals surface area contributed by atoms with Crippen LogP contribution in [0.25, 0.3) is 0 Å². The molecule has 0 aromatic heterocycles. The van der Waals surface area contributed by atoms with Crippen LogP contribution in [-0.4, -0.2) is 38.5 Å². The van der Waals surface area contributed by atoms with E-state index in [-0.39, 0.29) is 5.41 Å². The Morgan fingerprint density at radius 3 is 2.62 bits per heavy atom. The first-order chi connectivity index (χ1) is 6.33. The first-order valence-corrected chi connectivity index (χ1v) is 5.13. The summed E-state index contributed by atoms with van der Waals surface area (Å²) in [6.07, 6.45) is 4.37. The Hall–Kier alpha value is -0.120. The second-order valence-corrected chi connectivity index (χ2v) is 4.00. The molecule has 1 fully saturated rings. The van der Waals surface area contributed by atoms with E-state index >= 15 is 0 Å². The van der Waals surface area contributed by atoms with Gasteiger partial charge in [0.1, 0.15) is 0 Å². The van der Waals surface area contributed by atoms with Gasteiger partial charge < -0.3 is 15.2 Å². The number of rotatable bonds is 5. The van der Waals surface area contributed by atoms with Crippen LogP contribution in [0.1, 0.15) is 25.7 Å². The highest BCUT2D eigenvalue weighted by atomic mass is 16.5. The van der Waals surface area contributed by atoms with Crippen molar-refractivity contribution in [2.45, 2.75) is 25.7 Å². The number of ether oxygens (including phenoxy) is 1. The maximum absolute atomic E-state index is 9.37. The molecule has 0 atom stereocenters. The van der Waals surface area contributed by atoms with E-state index in [4.69, 9.17) is 4.74 Å². The number of hydrogen-bond donors (Lipinski definition) is 2. The van der Waals surface area contributed by atoms with Crippen molar-refractivity contribution < 1.29 is 9.84 Å². The number of methoxy groups -OCH3 is 1. The zero-order valence-corrected chi connectivity index (χ0v) is 8.51. The summed E-state index contributed by atoms with van der Waals surface area (Å²) in [4.78, 5) is 0. The minimum absolute atomic E-state index is 0.184. The lowest BCUT2D eigenvalue weighted by Crippen LogP contribution is -2.39. The summed E-state index contributed by atoms with van der Waals surface area (Å²) in [5, 5.41) is 12.7. The van der Waals surface area contributed by atoms with Crippen LogP contribution >= 0.6 is 0 Å². The van der Waals surface area contributed by atoms with Gasteiger partial charge in [0.2, 0.25) is 0 Å². The number of nitrogens with one attached hydrogen (secondary N) is 1. The van der Waals surface area contributed by atoms with Crippen LogP contribution in [0.5, 0.6) is 0 Å². The molecule has 1 saturated heterocycles. The minimum atomic E-state index is 0.184. The average Bonchev–Trinajstić information content (AvgIpc) is 2.20. The molecule has 0 radical (unpaired) electrons. The smallest absolute Gasteiger partial charge is 0.0488 e. The van der Waals surface area contributed by atoms with E-state index < -0.39 is 0 Å². The molecule has 78 valence electrons.